The highest BCUT2D eigenvalue weighted by molar-refractivity contribution is 6.36. The molecule has 0 aromatic heterocycles. The van der Waals surface area contributed by atoms with E-state index in [1.54, 1.807) is 0 Å². The Labute approximate surface area is 111 Å². The van der Waals surface area contributed by atoms with Crippen LogP contribution in [0.1, 0.15) is 0 Å². The highest BCUT2D eigenvalue weighted by atomic mass is 35.5. The van der Waals surface area contributed by atoms with Crippen molar-refractivity contribution in [2.24, 2.45) is 0 Å². The lowest BCUT2D eigenvalue weighted by atomic mass is 10.1. The Morgan fingerprint density at radius 3 is 2.50 bits per heavy atom. The van der Waals surface area contributed by atoms with Gasteiger partial charge < -0.3 is 10.2 Å². The quantitative estimate of drug-likeness (QED) is 0.900. The second-order valence-corrected chi connectivity index (χ2v) is 4.76. The Morgan fingerprint density at radius 2 is 1.72 bits per heavy atom. The molecular weight excluding hydrogens is 248 g/mol. The summed E-state index contributed by atoms with van der Waals surface area (Å²) in [6.45, 7) is 3.35. The van der Waals surface area contributed by atoms with Crippen LogP contribution in [0.2, 0.25) is 5.02 Å². The predicted octanol–water partition coefficient (Wildman–Crippen LogP) is 3.15. The first kappa shape index (κ1) is 11.8. The highest BCUT2D eigenvalue weighted by Gasteiger charge is 2.11. The molecule has 1 fully saturated rings. The van der Waals surface area contributed by atoms with Gasteiger partial charge in [0.05, 0.1) is 18.9 Å². The normalized spacial score (nSPS) is 16.9. The summed E-state index contributed by atoms with van der Waals surface area (Å²) in [6.07, 6.45) is 0. The van der Waals surface area contributed by atoms with E-state index < -0.39 is 0 Å². The number of hydrazine groups is 1. The predicted molar refractivity (Wildman–Crippen MR) is 75.0 cm³/mol. The van der Waals surface area contributed by atoms with E-state index >= 15 is 0 Å². The Balaban J connectivity index is 1.94. The van der Waals surface area contributed by atoms with Gasteiger partial charge in [-0.25, -0.2) is 5.01 Å². The van der Waals surface area contributed by atoms with Crippen LogP contribution in [0.4, 0.5) is 5.69 Å². The summed E-state index contributed by atoms with van der Waals surface area (Å²) in [4.78, 5) is 0. The molecule has 0 bridgehead atoms. The van der Waals surface area contributed by atoms with Crippen LogP contribution >= 0.6 is 11.6 Å². The SMILES string of the molecule is Clc1ccc(NN2CCOCC2)c2ccccc12. The van der Waals surface area contributed by atoms with Crippen molar-refractivity contribution < 1.29 is 4.74 Å². The van der Waals surface area contributed by atoms with Gasteiger partial charge in [0, 0.05) is 28.9 Å². The third-order valence-electron chi connectivity index (χ3n) is 3.16. The number of nitrogens with one attached hydrogen (secondary N) is 1. The Hall–Kier alpha value is -1.29. The van der Waals surface area contributed by atoms with E-state index in [2.05, 4.69) is 16.5 Å². The number of rotatable bonds is 2. The number of halogens is 1. The van der Waals surface area contributed by atoms with Gasteiger partial charge in [-0.05, 0) is 12.1 Å². The van der Waals surface area contributed by atoms with Crippen molar-refractivity contribution in [3.8, 4) is 0 Å². The molecule has 3 rings (SSSR count). The number of nitrogens with zero attached hydrogens (tertiary/aromatic N) is 1. The number of morpholine rings is 1. The molecule has 0 radical (unpaired) electrons. The molecule has 1 aliphatic rings. The Kier molecular flexibility index (Phi) is 3.37. The van der Waals surface area contributed by atoms with E-state index in [1.807, 2.05) is 30.3 Å². The van der Waals surface area contributed by atoms with Crippen molar-refractivity contribution in [3.63, 3.8) is 0 Å². The molecule has 0 amide bonds. The molecule has 18 heavy (non-hydrogen) atoms. The van der Waals surface area contributed by atoms with Crippen LogP contribution in [0.15, 0.2) is 36.4 Å². The molecule has 1 aliphatic heterocycles. The first-order chi connectivity index (χ1) is 8.84. The van der Waals surface area contributed by atoms with Gasteiger partial charge in [0.15, 0.2) is 0 Å². The van der Waals surface area contributed by atoms with Crippen molar-refractivity contribution in [1.29, 1.82) is 0 Å². The third-order valence-corrected chi connectivity index (χ3v) is 3.49. The summed E-state index contributed by atoms with van der Waals surface area (Å²) in [7, 11) is 0. The molecule has 4 heteroatoms. The second-order valence-electron chi connectivity index (χ2n) is 4.35. The van der Waals surface area contributed by atoms with Gasteiger partial charge in [0.1, 0.15) is 0 Å². The van der Waals surface area contributed by atoms with Crippen molar-refractivity contribution in [3.05, 3.63) is 41.4 Å². The fourth-order valence-corrected chi connectivity index (χ4v) is 2.43. The molecule has 0 aliphatic carbocycles. The average Bonchev–Trinajstić information content (AvgIpc) is 2.44. The maximum Gasteiger partial charge on any atom is 0.0612 e. The van der Waals surface area contributed by atoms with Gasteiger partial charge in [0.25, 0.3) is 0 Å². The van der Waals surface area contributed by atoms with Crippen LogP contribution in [0.5, 0.6) is 0 Å². The van der Waals surface area contributed by atoms with Crippen molar-refractivity contribution in [1.82, 2.24) is 5.01 Å². The van der Waals surface area contributed by atoms with E-state index in [0.717, 1.165) is 47.8 Å². The summed E-state index contributed by atoms with van der Waals surface area (Å²) in [5.41, 5.74) is 4.54. The largest absolute Gasteiger partial charge is 0.379 e. The van der Waals surface area contributed by atoms with Crippen LogP contribution in [0, 0.1) is 0 Å². The second kappa shape index (κ2) is 5.14. The minimum Gasteiger partial charge on any atom is -0.379 e. The zero-order valence-electron chi connectivity index (χ0n) is 10.0. The van der Waals surface area contributed by atoms with Gasteiger partial charge in [-0.2, -0.15) is 0 Å². The van der Waals surface area contributed by atoms with Gasteiger partial charge in [-0.1, -0.05) is 35.9 Å². The Morgan fingerprint density at radius 1 is 1.00 bits per heavy atom. The maximum absolute atomic E-state index is 6.21. The molecule has 0 unspecified atom stereocenters. The lowest BCUT2D eigenvalue weighted by Crippen LogP contribution is -2.40. The number of hydrogen-bond acceptors (Lipinski definition) is 3. The van der Waals surface area contributed by atoms with Crippen LogP contribution in [0.25, 0.3) is 10.8 Å². The topological polar surface area (TPSA) is 24.5 Å². The van der Waals surface area contributed by atoms with Crippen molar-refractivity contribution in [2.45, 2.75) is 0 Å². The fraction of sp³-hybridized carbons (Fsp3) is 0.286. The standard InChI is InChI=1S/C14H15ClN2O/c15-13-5-6-14(12-4-2-1-3-11(12)13)16-17-7-9-18-10-8-17/h1-6,16H,7-10H2. The van der Waals surface area contributed by atoms with Crippen LogP contribution in [0.3, 0.4) is 0 Å². The van der Waals surface area contributed by atoms with Crippen molar-refractivity contribution >= 4 is 28.1 Å². The molecule has 3 nitrogen and oxygen atoms in total. The summed E-state index contributed by atoms with van der Waals surface area (Å²) < 4.78 is 5.34. The molecule has 2 aromatic rings. The van der Waals surface area contributed by atoms with E-state index in [9.17, 15) is 0 Å². The molecule has 0 saturated carbocycles. The minimum atomic E-state index is 0.776. The molecular formula is C14H15ClN2O. The van der Waals surface area contributed by atoms with E-state index in [4.69, 9.17) is 16.3 Å². The van der Waals surface area contributed by atoms with Crippen LogP contribution in [-0.4, -0.2) is 31.3 Å². The van der Waals surface area contributed by atoms with Crippen LogP contribution < -0.4 is 5.43 Å². The lowest BCUT2D eigenvalue weighted by Gasteiger charge is -2.28. The zero-order valence-corrected chi connectivity index (χ0v) is 10.8. The molecule has 1 heterocycles. The summed E-state index contributed by atoms with van der Waals surface area (Å²) in [5, 5.41) is 5.20. The Bertz CT molecular complexity index is 552. The molecule has 94 valence electrons. The van der Waals surface area contributed by atoms with Crippen molar-refractivity contribution in [2.75, 3.05) is 31.7 Å². The van der Waals surface area contributed by atoms with E-state index in [1.165, 1.54) is 0 Å². The van der Waals surface area contributed by atoms with Crippen LogP contribution in [-0.2, 0) is 4.74 Å². The summed E-state index contributed by atoms with van der Waals surface area (Å²) in [6, 6.07) is 12.1. The number of anilines is 1. The molecule has 1 saturated heterocycles. The summed E-state index contributed by atoms with van der Waals surface area (Å²) in [5.74, 6) is 0. The zero-order chi connectivity index (χ0) is 12.4. The number of ether oxygens (including phenoxy) is 1. The first-order valence-corrected chi connectivity index (χ1v) is 6.49. The number of benzene rings is 2. The van der Waals surface area contributed by atoms with E-state index in [-0.39, 0.29) is 0 Å². The monoisotopic (exact) mass is 262 g/mol. The molecule has 0 atom stereocenters. The molecule has 1 N–H and O–H groups in total. The lowest BCUT2D eigenvalue weighted by molar-refractivity contribution is 0.0497. The third kappa shape index (κ3) is 2.29. The van der Waals surface area contributed by atoms with Gasteiger partial charge in [-0.15, -0.1) is 0 Å². The number of fused-ring (bicyclic) bond motifs is 1. The average molecular weight is 263 g/mol. The number of hydrogen-bond donors (Lipinski definition) is 1. The first-order valence-electron chi connectivity index (χ1n) is 6.11. The maximum atomic E-state index is 6.21. The highest BCUT2D eigenvalue weighted by Crippen LogP contribution is 2.29. The summed E-state index contributed by atoms with van der Waals surface area (Å²) >= 11 is 6.21. The van der Waals surface area contributed by atoms with Gasteiger partial charge in [-0.3, -0.25) is 0 Å². The minimum absolute atomic E-state index is 0.776. The van der Waals surface area contributed by atoms with Gasteiger partial charge in [0.2, 0.25) is 0 Å². The molecule has 2 aromatic carbocycles. The van der Waals surface area contributed by atoms with Gasteiger partial charge >= 0.3 is 0 Å². The smallest absolute Gasteiger partial charge is 0.0612 e. The molecule has 0 spiro atoms. The fourth-order valence-electron chi connectivity index (χ4n) is 2.21. The van der Waals surface area contributed by atoms with E-state index in [0.29, 0.717) is 0 Å².